The summed E-state index contributed by atoms with van der Waals surface area (Å²) in [5, 5.41) is 10.8. The number of para-hydroxylation sites is 1. The van der Waals surface area contributed by atoms with Crippen LogP contribution in [0.4, 0.5) is 8.78 Å². The van der Waals surface area contributed by atoms with E-state index >= 15 is 0 Å². The van der Waals surface area contributed by atoms with Gasteiger partial charge in [0, 0.05) is 11.1 Å². The molecule has 0 bridgehead atoms. The lowest BCUT2D eigenvalue weighted by Crippen LogP contribution is -2.25. The number of rotatable bonds is 10. The number of benzene rings is 3. The molecule has 42 heavy (non-hydrogen) atoms. The third-order valence-corrected chi connectivity index (χ3v) is 6.41. The maximum Gasteiger partial charge on any atom is 0.401 e. The SMILES string of the molecule is C=CCC(F)(F)Oc1ccccc1C(=O)Oc1cc(C)cc2c1Oc1ccc([C@@H](O)CC(C)C)c(OC)c1C(=O)OC2. The molecule has 3 aromatic carbocycles. The summed E-state index contributed by atoms with van der Waals surface area (Å²) in [7, 11) is 1.37. The van der Waals surface area contributed by atoms with Crippen molar-refractivity contribution in [3.8, 4) is 28.7 Å². The Morgan fingerprint density at radius 1 is 1.17 bits per heavy atom. The van der Waals surface area contributed by atoms with E-state index in [1.165, 1.54) is 43.5 Å². The van der Waals surface area contributed by atoms with Crippen molar-refractivity contribution in [1.29, 1.82) is 0 Å². The first kappa shape index (κ1) is 30.5. The normalized spacial score (nSPS) is 13.5. The van der Waals surface area contributed by atoms with Crippen LogP contribution in [-0.4, -0.2) is 30.3 Å². The number of methoxy groups -OCH3 is 1. The highest BCUT2D eigenvalue weighted by atomic mass is 19.3. The second-order valence-corrected chi connectivity index (χ2v) is 10.3. The number of cyclic esters (lactones) is 1. The quantitative estimate of drug-likeness (QED) is 0.151. The van der Waals surface area contributed by atoms with Gasteiger partial charge in [-0.2, -0.15) is 8.78 Å². The Morgan fingerprint density at radius 3 is 2.60 bits per heavy atom. The molecule has 1 heterocycles. The minimum Gasteiger partial charge on any atom is -0.495 e. The van der Waals surface area contributed by atoms with Gasteiger partial charge < -0.3 is 28.8 Å². The van der Waals surface area contributed by atoms with Crippen molar-refractivity contribution in [3.05, 3.63) is 89.0 Å². The lowest BCUT2D eigenvalue weighted by Gasteiger charge is -2.24. The molecule has 1 N–H and O–H groups in total. The van der Waals surface area contributed by atoms with Gasteiger partial charge in [0.2, 0.25) is 0 Å². The molecule has 0 aliphatic carbocycles. The first-order valence-electron chi connectivity index (χ1n) is 13.3. The van der Waals surface area contributed by atoms with Gasteiger partial charge in [0.15, 0.2) is 11.5 Å². The van der Waals surface area contributed by atoms with Crippen LogP contribution < -0.4 is 18.9 Å². The van der Waals surface area contributed by atoms with Crippen molar-refractivity contribution >= 4 is 11.9 Å². The van der Waals surface area contributed by atoms with Gasteiger partial charge in [-0.3, -0.25) is 0 Å². The van der Waals surface area contributed by atoms with Gasteiger partial charge in [0.25, 0.3) is 0 Å². The number of aryl methyl sites for hydroxylation is 1. The highest BCUT2D eigenvalue weighted by Gasteiger charge is 2.33. The van der Waals surface area contributed by atoms with Crippen LogP contribution in [0, 0.1) is 12.8 Å². The second-order valence-electron chi connectivity index (χ2n) is 10.3. The Bertz CT molecular complexity index is 1500. The number of hydrogen-bond donors (Lipinski definition) is 1. The molecule has 0 amide bonds. The number of halogens is 2. The molecule has 0 saturated carbocycles. The van der Waals surface area contributed by atoms with Crippen molar-refractivity contribution in [2.24, 2.45) is 5.92 Å². The van der Waals surface area contributed by atoms with Gasteiger partial charge in [-0.25, -0.2) is 9.59 Å². The summed E-state index contributed by atoms with van der Waals surface area (Å²) >= 11 is 0. The average Bonchev–Trinajstić information content (AvgIpc) is 2.91. The van der Waals surface area contributed by atoms with E-state index in [1.54, 1.807) is 19.1 Å². The first-order valence-corrected chi connectivity index (χ1v) is 13.3. The lowest BCUT2D eigenvalue weighted by molar-refractivity contribution is -0.172. The van der Waals surface area contributed by atoms with E-state index < -0.39 is 30.6 Å². The van der Waals surface area contributed by atoms with Gasteiger partial charge in [-0.15, -0.1) is 6.58 Å². The molecule has 1 aliphatic heterocycles. The molecule has 222 valence electrons. The van der Waals surface area contributed by atoms with Gasteiger partial charge >= 0.3 is 18.0 Å². The summed E-state index contributed by atoms with van der Waals surface area (Å²) < 4.78 is 56.1. The van der Waals surface area contributed by atoms with E-state index in [1.807, 2.05) is 13.8 Å². The van der Waals surface area contributed by atoms with E-state index in [-0.39, 0.29) is 52.4 Å². The number of esters is 2. The van der Waals surface area contributed by atoms with E-state index in [2.05, 4.69) is 6.58 Å². The number of alkyl halides is 2. The second kappa shape index (κ2) is 12.6. The number of carbonyl (C=O) groups is 2. The van der Waals surface area contributed by atoms with E-state index in [0.717, 1.165) is 6.08 Å². The van der Waals surface area contributed by atoms with Crippen LogP contribution in [0.15, 0.2) is 61.2 Å². The number of aliphatic hydroxyl groups excluding tert-OH is 1. The molecule has 0 saturated heterocycles. The monoisotopic (exact) mass is 582 g/mol. The van der Waals surface area contributed by atoms with Crippen LogP contribution >= 0.6 is 0 Å². The van der Waals surface area contributed by atoms with Crippen LogP contribution in [0.5, 0.6) is 28.7 Å². The van der Waals surface area contributed by atoms with Gasteiger partial charge in [0.05, 0.1) is 19.6 Å². The summed E-state index contributed by atoms with van der Waals surface area (Å²) in [6.45, 7) is 8.73. The van der Waals surface area contributed by atoms with Crippen LogP contribution in [0.25, 0.3) is 0 Å². The molecule has 8 nitrogen and oxygen atoms in total. The highest BCUT2D eigenvalue weighted by molar-refractivity contribution is 5.97. The highest BCUT2D eigenvalue weighted by Crippen LogP contribution is 2.45. The van der Waals surface area contributed by atoms with Crippen molar-refractivity contribution in [2.75, 3.05) is 7.11 Å². The Balaban J connectivity index is 1.74. The van der Waals surface area contributed by atoms with Crippen LogP contribution in [0.2, 0.25) is 0 Å². The van der Waals surface area contributed by atoms with Crippen LogP contribution in [-0.2, 0) is 11.3 Å². The third-order valence-electron chi connectivity index (χ3n) is 6.41. The van der Waals surface area contributed by atoms with Crippen LogP contribution in [0.1, 0.15) is 70.2 Å². The summed E-state index contributed by atoms with van der Waals surface area (Å²) in [6, 6.07) is 11.8. The summed E-state index contributed by atoms with van der Waals surface area (Å²) in [5.41, 5.74) is 1.18. The van der Waals surface area contributed by atoms with Gasteiger partial charge in [0.1, 0.15) is 35.0 Å². The van der Waals surface area contributed by atoms with Crippen molar-refractivity contribution in [1.82, 2.24) is 0 Å². The topological polar surface area (TPSA) is 101 Å². The maximum absolute atomic E-state index is 14.2. The molecule has 1 aliphatic rings. The van der Waals surface area contributed by atoms with Crippen LogP contribution in [0.3, 0.4) is 0 Å². The van der Waals surface area contributed by atoms with Crippen molar-refractivity contribution in [3.63, 3.8) is 0 Å². The molecule has 0 fully saturated rings. The number of carbonyl (C=O) groups excluding carboxylic acids is 2. The number of ether oxygens (including phenoxy) is 5. The zero-order valence-electron chi connectivity index (χ0n) is 23.7. The van der Waals surface area contributed by atoms with Crippen molar-refractivity contribution in [2.45, 2.75) is 52.4 Å². The molecule has 0 spiro atoms. The Hall–Kier alpha value is -4.44. The van der Waals surface area contributed by atoms with Gasteiger partial charge in [-0.1, -0.05) is 32.1 Å². The maximum atomic E-state index is 14.2. The fraction of sp³-hybridized carbons (Fsp3) is 0.312. The minimum absolute atomic E-state index is 0.0329. The molecule has 0 unspecified atom stereocenters. The zero-order chi connectivity index (χ0) is 30.6. The lowest BCUT2D eigenvalue weighted by atomic mass is 9.96. The summed E-state index contributed by atoms with van der Waals surface area (Å²) in [6.07, 6.45) is -3.81. The minimum atomic E-state index is -3.59. The molecular formula is C32H32F2O8. The smallest absolute Gasteiger partial charge is 0.401 e. The molecule has 0 aromatic heterocycles. The fourth-order valence-corrected chi connectivity index (χ4v) is 4.60. The number of aliphatic hydroxyl groups is 1. The van der Waals surface area contributed by atoms with E-state index in [9.17, 15) is 23.5 Å². The molecule has 1 atom stereocenters. The summed E-state index contributed by atoms with van der Waals surface area (Å²) in [4.78, 5) is 26.4. The average molecular weight is 583 g/mol. The molecular weight excluding hydrogens is 550 g/mol. The molecule has 3 aromatic rings. The predicted molar refractivity (Wildman–Crippen MR) is 150 cm³/mol. The van der Waals surface area contributed by atoms with Crippen molar-refractivity contribution < 1.29 is 47.2 Å². The Morgan fingerprint density at radius 2 is 1.90 bits per heavy atom. The fourth-order valence-electron chi connectivity index (χ4n) is 4.60. The summed E-state index contributed by atoms with van der Waals surface area (Å²) in [5.74, 6) is -1.70. The standard InChI is InChI=1S/C32H32F2O8/c1-6-13-32(33,34)42-24-10-8-7-9-22(24)30(36)41-26-16-19(4)15-20-17-39-31(37)27-25(40-28(20)26)12-11-21(29(27)38-5)23(35)14-18(2)3/h6-12,15-16,18,23,35H,1,13-14,17H2,2-5H3/t23-/m0/s1. The van der Waals surface area contributed by atoms with E-state index in [4.69, 9.17) is 23.7 Å². The molecule has 4 rings (SSSR count). The predicted octanol–water partition coefficient (Wildman–Crippen LogP) is 7.31. The number of fused-ring (bicyclic) bond motifs is 2. The molecule has 0 radical (unpaired) electrons. The van der Waals surface area contributed by atoms with Gasteiger partial charge in [-0.05, 0) is 61.2 Å². The first-order chi connectivity index (χ1) is 19.9. The largest absolute Gasteiger partial charge is 0.495 e. The third kappa shape index (κ3) is 6.71. The zero-order valence-corrected chi connectivity index (χ0v) is 23.7. The molecule has 10 heteroatoms. The Kier molecular flexibility index (Phi) is 9.16. The Labute approximate surface area is 242 Å². The number of hydrogen-bond acceptors (Lipinski definition) is 8. The van der Waals surface area contributed by atoms with E-state index in [0.29, 0.717) is 23.1 Å².